The number of carbonyl (C=O) groups is 3. The van der Waals surface area contributed by atoms with Crippen LogP contribution in [0.1, 0.15) is 69.8 Å². The van der Waals surface area contributed by atoms with Gasteiger partial charge in [-0.15, -0.1) is 24.7 Å². The molecule has 0 radical (unpaired) electrons. The number of rotatable bonds is 19. The molecule has 3 amide bonds. The van der Waals surface area contributed by atoms with E-state index in [1.165, 1.54) is 9.80 Å². The number of aliphatic hydroxyl groups is 2. The monoisotopic (exact) mass is 626 g/mol. The zero-order valence-corrected chi connectivity index (χ0v) is 26.8. The van der Waals surface area contributed by atoms with Crippen LogP contribution in [-0.4, -0.2) is 96.0 Å². The molecule has 1 aromatic carbocycles. The van der Waals surface area contributed by atoms with Crippen LogP contribution < -0.4 is 10.6 Å². The fourth-order valence-electron chi connectivity index (χ4n) is 5.66. The first kappa shape index (κ1) is 37.7. The van der Waals surface area contributed by atoms with E-state index in [4.69, 9.17) is 12.8 Å². The Balaban J connectivity index is 2.20. The van der Waals surface area contributed by atoms with E-state index in [9.17, 15) is 29.0 Å². The number of alkyl halides is 1. The van der Waals surface area contributed by atoms with E-state index in [2.05, 4.69) is 22.5 Å². The number of nitrogens with zero attached hydrogens (tertiary/aromatic N) is 2. The number of nitrogens with one attached hydrogen (secondary N) is 2. The van der Waals surface area contributed by atoms with E-state index in [1.807, 2.05) is 30.3 Å². The summed E-state index contributed by atoms with van der Waals surface area (Å²) in [7, 11) is 3.22. The maximum Gasteiger partial charge on any atom is 0.243 e. The van der Waals surface area contributed by atoms with Crippen molar-refractivity contribution in [3.05, 3.63) is 35.9 Å². The van der Waals surface area contributed by atoms with Gasteiger partial charge in [-0.05, 0) is 37.8 Å². The Kier molecular flexibility index (Phi) is 17.2. The van der Waals surface area contributed by atoms with Gasteiger partial charge in [-0.1, -0.05) is 62.4 Å². The highest BCUT2D eigenvalue weighted by molar-refractivity contribution is 5.91. The van der Waals surface area contributed by atoms with Crippen LogP contribution in [0.15, 0.2) is 30.3 Å². The second kappa shape index (κ2) is 20.6. The number of halogens is 1. The first-order valence-corrected chi connectivity index (χ1v) is 16.0. The summed E-state index contributed by atoms with van der Waals surface area (Å²) in [6.07, 6.45) is 14.8. The Morgan fingerprint density at radius 1 is 1.00 bits per heavy atom. The van der Waals surface area contributed by atoms with Crippen molar-refractivity contribution in [2.24, 2.45) is 11.8 Å². The Morgan fingerprint density at radius 3 is 2.31 bits per heavy atom. The van der Waals surface area contributed by atoms with Gasteiger partial charge in [-0.3, -0.25) is 19.3 Å². The third-order valence-corrected chi connectivity index (χ3v) is 8.55. The molecule has 0 spiro atoms. The number of aliphatic hydroxyl groups excluding tert-OH is 2. The summed E-state index contributed by atoms with van der Waals surface area (Å²) in [6.45, 7) is -0.00885. The zero-order valence-electron chi connectivity index (χ0n) is 26.8. The van der Waals surface area contributed by atoms with E-state index >= 15 is 0 Å². The van der Waals surface area contributed by atoms with Gasteiger partial charge in [0.25, 0.3) is 0 Å². The number of amides is 3. The van der Waals surface area contributed by atoms with Gasteiger partial charge >= 0.3 is 0 Å². The quantitative estimate of drug-likeness (QED) is 0.138. The molecular weight excluding hydrogens is 575 g/mol. The SMILES string of the molecule is C#CCCC(O)C(O)C(CC1CCCCC1)NC(=O)C(CC#C)NC(=O)C(CC(=O)N(C)CCN(C)CF)Cc1ccccc1. The van der Waals surface area contributed by atoms with Crippen molar-refractivity contribution < 1.29 is 29.0 Å². The molecule has 0 bridgehead atoms. The van der Waals surface area contributed by atoms with E-state index in [0.29, 0.717) is 19.5 Å². The van der Waals surface area contributed by atoms with Gasteiger partial charge in [-0.25, -0.2) is 4.39 Å². The molecule has 248 valence electrons. The molecule has 10 heteroatoms. The van der Waals surface area contributed by atoms with Crippen molar-refractivity contribution >= 4 is 17.7 Å². The molecule has 45 heavy (non-hydrogen) atoms. The molecule has 0 saturated heterocycles. The lowest BCUT2D eigenvalue weighted by Crippen LogP contribution is -2.55. The highest BCUT2D eigenvalue weighted by Crippen LogP contribution is 2.29. The Hall–Kier alpha value is -3.44. The summed E-state index contributed by atoms with van der Waals surface area (Å²) >= 11 is 0. The lowest BCUT2D eigenvalue weighted by Gasteiger charge is -2.33. The fourth-order valence-corrected chi connectivity index (χ4v) is 5.66. The smallest absolute Gasteiger partial charge is 0.243 e. The lowest BCUT2D eigenvalue weighted by atomic mass is 9.82. The molecule has 1 aromatic rings. The van der Waals surface area contributed by atoms with Gasteiger partial charge < -0.3 is 25.7 Å². The van der Waals surface area contributed by atoms with Crippen molar-refractivity contribution in [1.29, 1.82) is 0 Å². The van der Waals surface area contributed by atoms with E-state index in [-0.39, 0.29) is 43.9 Å². The van der Waals surface area contributed by atoms with Gasteiger partial charge in [0.2, 0.25) is 17.7 Å². The van der Waals surface area contributed by atoms with E-state index in [0.717, 1.165) is 37.7 Å². The molecule has 2 rings (SSSR count). The van der Waals surface area contributed by atoms with Crippen molar-refractivity contribution in [3.8, 4) is 24.7 Å². The van der Waals surface area contributed by atoms with Crippen molar-refractivity contribution in [2.45, 2.75) is 94.9 Å². The van der Waals surface area contributed by atoms with E-state index in [1.54, 1.807) is 14.1 Å². The van der Waals surface area contributed by atoms with Crippen LogP contribution >= 0.6 is 0 Å². The minimum absolute atomic E-state index is 0.106. The minimum atomic E-state index is -1.25. The average Bonchev–Trinajstić information content (AvgIpc) is 3.05. The van der Waals surface area contributed by atoms with Crippen molar-refractivity contribution in [2.75, 3.05) is 34.0 Å². The van der Waals surface area contributed by atoms with Crippen LogP contribution in [0.3, 0.4) is 0 Å². The molecule has 1 fully saturated rings. The average molecular weight is 627 g/mol. The van der Waals surface area contributed by atoms with Crippen molar-refractivity contribution in [1.82, 2.24) is 20.4 Å². The van der Waals surface area contributed by atoms with Crippen LogP contribution in [0.5, 0.6) is 0 Å². The van der Waals surface area contributed by atoms with E-state index < -0.39 is 48.8 Å². The second-order valence-electron chi connectivity index (χ2n) is 12.2. The topological polar surface area (TPSA) is 122 Å². The lowest BCUT2D eigenvalue weighted by molar-refractivity contribution is -0.137. The number of carbonyl (C=O) groups excluding carboxylic acids is 3. The molecule has 5 atom stereocenters. The van der Waals surface area contributed by atoms with Gasteiger partial charge in [0.1, 0.15) is 18.9 Å². The molecule has 4 N–H and O–H groups in total. The summed E-state index contributed by atoms with van der Waals surface area (Å²) in [5.41, 5.74) is 0.847. The van der Waals surface area contributed by atoms with Gasteiger partial charge in [-0.2, -0.15) is 0 Å². The number of terminal acetylenes is 2. The first-order chi connectivity index (χ1) is 21.6. The Morgan fingerprint density at radius 2 is 1.69 bits per heavy atom. The fraction of sp³-hybridized carbons (Fsp3) is 0.629. The predicted molar refractivity (Wildman–Crippen MR) is 173 cm³/mol. The first-order valence-electron chi connectivity index (χ1n) is 16.0. The number of hydrogen-bond acceptors (Lipinski definition) is 6. The molecule has 0 aliphatic heterocycles. The maximum atomic E-state index is 13.7. The molecular formula is C35H51FN4O5. The summed E-state index contributed by atoms with van der Waals surface area (Å²) in [5.74, 6) is 3.03. The minimum Gasteiger partial charge on any atom is -0.390 e. The van der Waals surface area contributed by atoms with Crippen LogP contribution in [0, 0.1) is 36.5 Å². The van der Waals surface area contributed by atoms with Gasteiger partial charge in [0, 0.05) is 39.4 Å². The summed E-state index contributed by atoms with van der Waals surface area (Å²) in [4.78, 5) is 43.3. The highest BCUT2D eigenvalue weighted by Gasteiger charge is 2.34. The molecule has 9 nitrogen and oxygen atoms in total. The molecule has 1 saturated carbocycles. The zero-order chi connectivity index (χ0) is 33.2. The normalized spacial score (nSPS) is 16.8. The highest BCUT2D eigenvalue weighted by atomic mass is 19.1. The Labute approximate surface area is 268 Å². The predicted octanol–water partition coefficient (Wildman–Crippen LogP) is 2.65. The number of likely N-dealkylation sites (N-methyl/N-ethyl adjacent to an activating group) is 2. The number of hydrogen-bond donors (Lipinski definition) is 4. The van der Waals surface area contributed by atoms with Crippen LogP contribution in [0.2, 0.25) is 0 Å². The summed E-state index contributed by atoms with van der Waals surface area (Å²) in [6, 6.07) is 7.38. The molecule has 0 aromatic heterocycles. The van der Waals surface area contributed by atoms with Gasteiger partial charge in [0.05, 0.1) is 18.1 Å². The summed E-state index contributed by atoms with van der Waals surface area (Å²) in [5, 5.41) is 27.3. The largest absolute Gasteiger partial charge is 0.390 e. The standard InChI is InChI=1S/C35H51FN4O5/c1-5-7-19-31(41)33(43)30(23-27-17-12-9-13-18-27)38-35(45)29(14-6-2)37-34(44)28(22-26-15-10-8-11-16-26)24-32(42)40(4)21-20-39(3)25-36/h1-2,8,10-11,15-16,27-31,33,41,43H,7,9,12-14,17-25H2,3-4H3,(H,37,44)(H,38,45). The van der Waals surface area contributed by atoms with Crippen LogP contribution in [0.25, 0.3) is 0 Å². The van der Waals surface area contributed by atoms with Crippen molar-refractivity contribution in [3.63, 3.8) is 0 Å². The summed E-state index contributed by atoms with van der Waals surface area (Å²) < 4.78 is 12.9. The molecule has 0 heterocycles. The van der Waals surface area contributed by atoms with Crippen LogP contribution in [-0.2, 0) is 20.8 Å². The van der Waals surface area contributed by atoms with Crippen LogP contribution in [0.4, 0.5) is 4.39 Å². The maximum absolute atomic E-state index is 13.7. The molecule has 1 aliphatic rings. The molecule has 5 unspecified atom stereocenters. The third kappa shape index (κ3) is 13.6. The second-order valence-corrected chi connectivity index (χ2v) is 12.2. The van der Waals surface area contributed by atoms with Gasteiger partial charge in [0.15, 0.2) is 0 Å². The third-order valence-electron chi connectivity index (χ3n) is 8.55. The Bertz CT molecular complexity index is 1130. The number of benzene rings is 1. The molecule has 1 aliphatic carbocycles.